The number of nitrogens with zero attached hydrogens (tertiary/aromatic N) is 3. The maximum atomic E-state index is 13.3. The highest BCUT2D eigenvalue weighted by atomic mass is 19.1. The minimum Gasteiger partial charge on any atom is -0.369 e. The lowest BCUT2D eigenvalue weighted by atomic mass is 10.1. The summed E-state index contributed by atoms with van der Waals surface area (Å²) in [5.74, 6) is -0.482. The molecule has 6 nitrogen and oxygen atoms in total. The van der Waals surface area contributed by atoms with Crippen LogP contribution in [0.3, 0.4) is 0 Å². The summed E-state index contributed by atoms with van der Waals surface area (Å²) in [6, 6.07) is 23.0. The van der Waals surface area contributed by atoms with Gasteiger partial charge in [-0.25, -0.2) is 4.39 Å². The highest BCUT2D eigenvalue weighted by Gasteiger charge is 2.38. The van der Waals surface area contributed by atoms with Crippen LogP contribution in [0.1, 0.15) is 22.3 Å². The Morgan fingerprint density at radius 3 is 2.31 bits per heavy atom. The fourth-order valence-corrected chi connectivity index (χ4v) is 5.08. The molecule has 3 aromatic carbocycles. The van der Waals surface area contributed by atoms with Gasteiger partial charge in [0.1, 0.15) is 11.9 Å². The van der Waals surface area contributed by atoms with Gasteiger partial charge in [-0.1, -0.05) is 36.4 Å². The van der Waals surface area contributed by atoms with E-state index in [0.29, 0.717) is 18.5 Å². The number of fused-ring (bicyclic) bond motifs is 1. The molecule has 1 saturated heterocycles. The Bertz CT molecular complexity index is 1190. The van der Waals surface area contributed by atoms with Crippen LogP contribution in [-0.4, -0.2) is 62.0 Å². The van der Waals surface area contributed by atoms with Gasteiger partial charge in [0.05, 0.1) is 0 Å². The van der Waals surface area contributed by atoms with Crippen molar-refractivity contribution < 1.29 is 14.0 Å². The van der Waals surface area contributed by atoms with Crippen LogP contribution in [-0.2, 0) is 11.2 Å². The Morgan fingerprint density at radius 2 is 1.56 bits per heavy atom. The molecule has 2 heterocycles. The van der Waals surface area contributed by atoms with Gasteiger partial charge in [0.2, 0.25) is 5.91 Å². The van der Waals surface area contributed by atoms with Gasteiger partial charge in [-0.15, -0.1) is 0 Å². The Morgan fingerprint density at radius 1 is 0.861 bits per heavy atom. The number of piperazine rings is 1. The molecule has 1 fully saturated rings. The summed E-state index contributed by atoms with van der Waals surface area (Å²) < 4.78 is 13.2. The second-order valence-electron chi connectivity index (χ2n) is 9.34. The second kappa shape index (κ2) is 10.9. The van der Waals surface area contributed by atoms with Crippen LogP contribution in [0, 0.1) is 5.82 Å². The summed E-state index contributed by atoms with van der Waals surface area (Å²) in [5.41, 5.74) is 3.45. The maximum absolute atomic E-state index is 13.3. The van der Waals surface area contributed by atoms with Gasteiger partial charge in [0.25, 0.3) is 5.91 Å². The molecule has 0 unspecified atom stereocenters. The van der Waals surface area contributed by atoms with E-state index < -0.39 is 6.04 Å². The van der Waals surface area contributed by atoms with Crippen molar-refractivity contribution in [3.8, 4) is 0 Å². The topological polar surface area (TPSA) is 55.9 Å². The van der Waals surface area contributed by atoms with E-state index in [1.165, 1.54) is 12.1 Å². The quantitative estimate of drug-likeness (QED) is 0.517. The molecule has 2 amide bonds. The van der Waals surface area contributed by atoms with E-state index in [1.807, 2.05) is 54.6 Å². The summed E-state index contributed by atoms with van der Waals surface area (Å²) in [7, 11) is 0. The number of amides is 2. The number of carbonyl (C=O) groups is 2. The normalized spacial score (nSPS) is 17.6. The zero-order valence-corrected chi connectivity index (χ0v) is 20.3. The second-order valence-corrected chi connectivity index (χ2v) is 9.34. The fraction of sp³-hybridized carbons (Fsp3) is 0.310. The summed E-state index contributed by atoms with van der Waals surface area (Å²) in [5, 5.41) is 3.07. The molecule has 3 aromatic rings. The molecule has 0 aromatic heterocycles. The third kappa shape index (κ3) is 5.26. The van der Waals surface area contributed by atoms with Crippen LogP contribution < -0.4 is 15.1 Å². The zero-order chi connectivity index (χ0) is 24.9. The van der Waals surface area contributed by atoms with E-state index >= 15 is 0 Å². The average Bonchev–Trinajstić information content (AvgIpc) is 3.32. The van der Waals surface area contributed by atoms with Crippen molar-refractivity contribution in [2.45, 2.75) is 18.9 Å². The first kappa shape index (κ1) is 24.0. The zero-order valence-electron chi connectivity index (χ0n) is 20.3. The van der Waals surface area contributed by atoms with E-state index in [4.69, 9.17) is 0 Å². The van der Waals surface area contributed by atoms with Crippen molar-refractivity contribution >= 4 is 23.2 Å². The van der Waals surface area contributed by atoms with E-state index in [2.05, 4.69) is 15.1 Å². The van der Waals surface area contributed by atoms with Crippen LogP contribution in [0.15, 0.2) is 78.9 Å². The molecule has 1 atom stereocenters. The van der Waals surface area contributed by atoms with E-state index in [1.54, 1.807) is 17.0 Å². The van der Waals surface area contributed by atoms with Crippen LogP contribution >= 0.6 is 0 Å². The van der Waals surface area contributed by atoms with Crippen molar-refractivity contribution in [3.63, 3.8) is 0 Å². The smallest absolute Gasteiger partial charge is 0.259 e. The molecule has 2 aliphatic rings. The summed E-state index contributed by atoms with van der Waals surface area (Å²) in [6.45, 7) is 5.13. The Kier molecular flexibility index (Phi) is 7.28. The molecule has 7 heteroatoms. The predicted octanol–water partition coefficient (Wildman–Crippen LogP) is 3.73. The van der Waals surface area contributed by atoms with Crippen molar-refractivity contribution in [2.75, 3.05) is 49.1 Å². The molecule has 36 heavy (non-hydrogen) atoms. The van der Waals surface area contributed by atoms with Gasteiger partial charge in [0.15, 0.2) is 0 Å². The molecule has 0 saturated carbocycles. The first-order valence-corrected chi connectivity index (χ1v) is 12.6. The number of hydrogen-bond donors (Lipinski definition) is 1. The van der Waals surface area contributed by atoms with Gasteiger partial charge in [0, 0.05) is 56.1 Å². The lowest BCUT2D eigenvalue weighted by molar-refractivity contribution is -0.122. The first-order chi connectivity index (χ1) is 17.6. The lowest BCUT2D eigenvalue weighted by Crippen LogP contribution is -2.49. The van der Waals surface area contributed by atoms with E-state index in [0.717, 1.165) is 56.1 Å². The predicted molar refractivity (Wildman–Crippen MR) is 140 cm³/mol. The van der Waals surface area contributed by atoms with Crippen LogP contribution in [0.25, 0.3) is 0 Å². The number of benzene rings is 3. The fourth-order valence-electron chi connectivity index (χ4n) is 5.08. The third-order valence-corrected chi connectivity index (χ3v) is 7.03. The molecule has 0 bridgehead atoms. The molecule has 186 valence electrons. The number of nitrogens with one attached hydrogen (secondary N) is 1. The van der Waals surface area contributed by atoms with Gasteiger partial charge < -0.3 is 10.2 Å². The largest absolute Gasteiger partial charge is 0.369 e. The van der Waals surface area contributed by atoms with Gasteiger partial charge in [-0.2, -0.15) is 0 Å². The van der Waals surface area contributed by atoms with Crippen LogP contribution in [0.5, 0.6) is 0 Å². The summed E-state index contributed by atoms with van der Waals surface area (Å²) >= 11 is 0. The number of halogens is 1. The minimum atomic E-state index is -0.547. The number of anilines is 2. The molecular weight excluding hydrogens is 455 g/mol. The molecule has 0 spiro atoms. The number of rotatable bonds is 7. The van der Waals surface area contributed by atoms with Crippen molar-refractivity contribution in [2.24, 2.45) is 0 Å². The molecule has 0 aliphatic carbocycles. The summed E-state index contributed by atoms with van der Waals surface area (Å²) in [6.07, 6.45) is 1.36. The maximum Gasteiger partial charge on any atom is 0.259 e. The SMILES string of the molecule is O=C(NCCCN1CCN(c2ccc(F)cc2)CC1)[C@@H]1Cc2ccccc2N1C(=O)c1ccccc1. The van der Waals surface area contributed by atoms with E-state index in [9.17, 15) is 14.0 Å². The van der Waals surface area contributed by atoms with Crippen molar-refractivity contribution in [1.82, 2.24) is 10.2 Å². The molecule has 5 rings (SSSR count). The highest BCUT2D eigenvalue weighted by Crippen LogP contribution is 2.33. The highest BCUT2D eigenvalue weighted by molar-refractivity contribution is 6.11. The minimum absolute atomic E-state index is 0.114. The summed E-state index contributed by atoms with van der Waals surface area (Å²) in [4.78, 5) is 32.8. The van der Waals surface area contributed by atoms with Crippen molar-refractivity contribution in [1.29, 1.82) is 0 Å². The van der Waals surface area contributed by atoms with Crippen LogP contribution in [0.4, 0.5) is 15.8 Å². The number of carbonyl (C=O) groups excluding carboxylic acids is 2. The van der Waals surface area contributed by atoms with Gasteiger partial charge >= 0.3 is 0 Å². The van der Waals surface area contributed by atoms with Gasteiger partial charge in [-0.05, 0) is 61.0 Å². The first-order valence-electron chi connectivity index (χ1n) is 12.6. The average molecular weight is 487 g/mol. The number of para-hydroxylation sites is 1. The molecule has 2 aliphatic heterocycles. The van der Waals surface area contributed by atoms with Crippen molar-refractivity contribution in [3.05, 3.63) is 95.8 Å². The Hall–Kier alpha value is -3.71. The van der Waals surface area contributed by atoms with Gasteiger partial charge in [-0.3, -0.25) is 19.4 Å². The van der Waals surface area contributed by atoms with E-state index in [-0.39, 0.29) is 17.6 Å². The molecular formula is C29H31FN4O2. The monoisotopic (exact) mass is 486 g/mol. The number of hydrogen-bond acceptors (Lipinski definition) is 4. The molecule has 0 radical (unpaired) electrons. The Labute approximate surface area is 211 Å². The third-order valence-electron chi connectivity index (χ3n) is 7.03. The molecule has 1 N–H and O–H groups in total. The lowest BCUT2D eigenvalue weighted by Gasteiger charge is -2.36. The standard InChI is InChI=1S/C29H31FN4O2/c30-24-11-13-25(14-12-24)33-19-17-32(18-20-33)16-6-15-31-28(35)27-21-23-9-4-5-10-26(23)34(27)29(36)22-7-2-1-3-8-22/h1-5,7-14,27H,6,15-21H2,(H,31,35)/t27-/m0/s1. The Balaban J connectivity index is 1.12. The van der Waals surface area contributed by atoms with Crippen LogP contribution in [0.2, 0.25) is 0 Å².